The van der Waals surface area contributed by atoms with Crippen molar-refractivity contribution in [2.45, 2.75) is 39.3 Å². The molecule has 4 nitrogen and oxygen atoms in total. The molecule has 4 heteroatoms. The third-order valence-corrected chi connectivity index (χ3v) is 3.44. The molecule has 1 atom stereocenters. The highest BCUT2D eigenvalue weighted by Crippen LogP contribution is 2.16. The minimum atomic E-state index is 0.0205. The minimum Gasteiger partial charge on any atom is -0.337 e. The lowest BCUT2D eigenvalue weighted by Gasteiger charge is -2.18. The predicted octanol–water partition coefficient (Wildman–Crippen LogP) is 1.49. The van der Waals surface area contributed by atoms with Crippen LogP contribution in [0.1, 0.15) is 30.9 Å². The van der Waals surface area contributed by atoms with Gasteiger partial charge in [0.1, 0.15) is 0 Å². The molecular weight excluding hydrogens is 226 g/mol. The summed E-state index contributed by atoms with van der Waals surface area (Å²) in [4.78, 5) is 18.2. The molecule has 2 heterocycles. The van der Waals surface area contributed by atoms with Crippen molar-refractivity contribution in [2.75, 3.05) is 13.1 Å². The Morgan fingerprint density at radius 1 is 1.56 bits per heavy atom. The van der Waals surface area contributed by atoms with Gasteiger partial charge in [0.05, 0.1) is 6.04 Å². The first-order valence-corrected chi connectivity index (χ1v) is 6.64. The number of hydrogen-bond acceptors (Lipinski definition) is 3. The summed E-state index contributed by atoms with van der Waals surface area (Å²) < 4.78 is 0. The van der Waals surface area contributed by atoms with Gasteiger partial charge in [-0.15, -0.1) is 0 Å². The van der Waals surface area contributed by atoms with Gasteiger partial charge in [-0.2, -0.15) is 0 Å². The second-order valence-corrected chi connectivity index (χ2v) is 4.86. The normalized spacial score (nSPS) is 19.6. The molecule has 0 spiro atoms. The number of likely N-dealkylation sites (tertiary alicyclic amines) is 1. The highest BCUT2D eigenvalue weighted by molar-refractivity contribution is 5.83. The van der Waals surface area contributed by atoms with Crippen LogP contribution in [0.25, 0.3) is 0 Å². The maximum atomic E-state index is 12.2. The molecule has 1 aliphatic heterocycles. The third-order valence-electron chi connectivity index (χ3n) is 3.44. The van der Waals surface area contributed by atoms with Crippen LogP contribution < -0.4 is 5.32 Å². The van der Waals surface area contributed by atoms with E-state index in [0.29, 0.717) is 6.54 Å². The van der Waals surface area contributed by atoms with Gasteiger partial charge >= 0.3 is 0 Å². The number of aryl methyl sites for hydroxylation is 1. The third kappa shape index (κ3) is 2.88. The molecule has 1 amide bonds. The molecule has 1 saturated heterocycles. The Kier molecular flexibility index (Phi) is 4.31. The minimum absolute atomic E-state index is 0.0205. The van der Waals surface area contributed by atoms with E-state index in [0.717, 1.165) is 31.5 Å². The second-order valence-electron chi connectivity index (χ2n) is 4.86. The Bertz CT molecular complexity index is 419. The van der Waals surface area contributed by atoms with Crippen LogP contribution in [0, 0.1) is 6.92 Å². The second kappa shape index (κ2) is 5.96. The zero-order valence-electron chi connectivity index (χ0n) is 11.1. The van der Waals surface area contributed by atoms with Crippen molar-refractivity contribution < 1.29 is 4.79 Å². The molecule has 0 saturated carbocycles. The smallest absolute Gasteiger partial charge is 0.240 e. The maximum Gasteiger partial charge on any atom is 0.240 e. The van der Waals surface area contributed by atoms with Crippen molar-refractivity contribution in [1.82, 2.24) is 15.2 Å². The van der Waals surface area contributed by atoms with Crippen LogP contribution in [0.5, 0.6) is 0 Å². The van der Waals surface area contributed by atoms with Gasteiger partial charge in [-0.05, 0) is 43.5 Å². The lowest BCUT2D eigenvalue weighted by Crippen LogP contribution is -2.38. The molecule has 1 fully saturated rings. The molecule has 0 radical (unpaired) electrons. The number of aromatic nitrogens is 1. The van der Waals surface area contributed by atoms with E-state index in [1.54, 1.807) is 6.20 Å². The molecule has 18 heavy (non-hydrogen) atoms. The van der Waals surface area contributed by atoms with E-state index in [4.69, 9.17) is 0 Å². The summed E-state index contributed by atoms with van der Waals surface area (Å²) >= 11 is 0. The molecule has 1 unspecified atom stereocenters. The summed E-state index contributed by atoms with van der Waals surface area (Å²) in [6.45, 7) is 6.62. The first-order valence-electron chi connectivity index (χ1n) is 6.64. The number of carbonyl (C=O) groups excluding carboxylic acids is 1. The average molecular weight is 247 g/mol. The number of nitrogens with zero attached hydrogens (tertiary/aromatic N) is 2. The fourth-order valence-corrected chi connectivity index (χ4v) is 2.29. The van der Waals surface area contributed by atoms with E-state index in [2.05, 4.69) is 17.2 Å². The van der Waals surface area contributed by atoms with E-state index < -0.39 is 0 Å². The van der Waals surface area contributed by atoms with Crippen LogP contribution in [0.15, 0.2) is 18.5 Å². The highest BCUT2D eigenvalue weighted by atomic mass is 16.2. The van der Waals surface area contributed by atoms with Gasteiger partial charge in [-0.1, -0.05) is 6.92 Å². The summed E-state index contributed by atoms with van der Waals surface area (Å²) in [6, 6.07) is 2.02. The highest BCUT2D eigenvalue weighted by Gasteiger charge is 2.30. The molecule has 98 valence electrons. The van der Waals surface area contributed by atoms with E-state index in [1.807, 2.05) is 24.1 Å². The fourth-order valence-electron chi connectivity index (χ4n) is 2.29. The van der Waals surface area contributed by atoms with Crippen molar-refractivity contribution in [3.63, 3.8) is 0 Å². The number of amides is 1. The van der Waals surface area contributed by atoms with Gasteiger partial charge in [0.2, 0.25) is 5.91 Å². The zero-order chi connectivity index (χ0) is 13.0. The van der Waals surface area contributed by atoms with Crippen LogP contribution in [-0.2, 0) is 11.3 Å². The monoisotopic (exact) mass is 247 g/mol. The van der Waals surface area contributed by atoms with E-state index in [9.17, 15) is 4.79 Å². The number of rotatable bonds is 5. The first kappa shape index (κ1) is 13.0. The number of nitrogens with one attached hydrogen (secondary N) is 1. The molecule has 0 aliphatic carbocycles. The van der Waals surface area contributed by atoms with Gasteiger partial charge in [-0.3, -0.25) is 9.78 Å². The van der Waals surface area contributed by atoms with Crippen molar-refractivity contribution in [1.29, 1.82) is 0 Å². The Morgan fingerprint density at radius 3 is 3.11 bits per heavy atom. The summed E-state index contributed by atoms with van der Waals surface area (Å²) in [6.07, 6.45) is 5.62. The quantitative estimate of drug-likeness (QED) is 0.857. The summed E-state index contributed by atoms with van der Waals surface area (Å²) in [5.74, 6) is 0.236. The fraction of sp³-hybridized carbons (Fsp3) is 0.571. The topological polar surface area (TPSA) is 45.2 Å². The molecule has 1 aliphatic rings. The van der Waals surface area contributed by atoms with E-state index in [-0.39, 0.29) is 11.9 Å². The van der Waals surface area contributed by atoms with Crippen LogP contribution in [0.4, 0.5) is 0 Å². The van der Waals surface area contributed by atoms with Crippen LogP contribution in [-0.4, -0.2) is 34.9 Å². The van der Waals surface area contributed by atoms with Gasteiger partial charge in [-0.25, -0.2) is 0 Å². The Labute approximate surface area is 108 Å². The van der Waals surface area contributed by atoms with Crippen LogP contribution in [0.3, 0.4) is 0 Å². The molecule has 0 aromatic carbocycles. The van der Waals surface area contributed by atoms with E-state index >= 15 is 0 Å². The summed E-state index contributed by atoms with van der Waals surface area (Å²) in [5.41, 5.74) is 2.34. The average Bonchev–Trinajstić information content (AvgIpc) is 2.71. The lowest BCUT2D eigenvalue weighted by atomic mass is 10.1. The largest absolute Gasteiger partial charge is 0.337 e. The molecule has 2 rings (SSSR count). The number of hydrogen-bond donors (Lipinski definition) is 1. The van der Waals surface area contributed by atoms with Gasteiger partial charge < -0.3 is 10.2 Å². The Morgan fingerprint density at radius 2 is 2.39 bits per heavy atom. The Balaban J connectivity index is 1.96. The standard InChI is InChI=1S/C14H21N3O/c1-3-6-16-13-5-8-17(14(13)18)10-12-4-7-15-9-11(12)2/h4,7,9,13,16H,3,5-6,8,10H2,1-2H3. The van der Waals surface area contributed by atoms with Crippen molar-refractivity contribution in [3.05, 3.63) is 29.6 Å². The molecule has 1 aromatic heterocycles. The lowest BCUT2D eigenvalue weighted by molar-refractivity contribution is -0.129. The first-order chi connectivity index (χ1) is 8.72. The molecule has 1 aromatic rings. The maximum absolute atomic E-state index is 12.2. The van der Waals surface area contributed by atoms with Gasteiger partial charge in [0, 0.05) is 25.5 Å². The van der Waals surface area contributed by atoms with Crippen LogP contribution in [0.2, 0.25) is 0 Å². The SMILES string of the molecule is CCCNC1CCN(Cc2ccncc2C)C1=O. The van der Waals surface area contributed by atoms with Crippen molar-refractivity contribution in [2.24, 2.45) is 0 Å². The zero-order valence-corrected chi connectivity index (χ0v) is 11.1. The molecular formula is C14H21N3O. The van der Waals surface area contributed by atoms with Crippen LogP contribution >= 0.6 is 0 Å². The number of pyridine rings is 1. The molecule has 0 bridgehead atoms. The predicted molar refractivity (Wildman–Crippen MR) is 71.1 cm³/mol. The van der Waals surface area contributed by atoms with Crippen molar-refractivity contribution in [3.8, 4) is 0 Å². The Hall–Kier alpha value is -1.42. The molecule has 1 N–H and O–H groups in total. The van der Waals surface area contributed by atoms with Gasteiger partial charge in [0.15, 0.2) is 0 Å². The van der Waals surface area contributed by atoms with E-state index in [1.165, 1.54) is 5.56 Å². The summed E-state index contributed by atoms with van der Waals surface area (Å²) in [5, 5.41) is 3.31. The number of carbonyl (C=O) groups is 1. The summed E-state index contributed by atoms with van der Waals surface area (Å²) in [7, 11) is 0. The van der Waals surface area contributed by atoms with Gasteiger partial charge in [0.25, 0.3) is 0 Å². The van der Waals surface area contributed by atoms with Crippen molar-refractivity contribution >= 4 is 5.91 Å².